The molecule has 1 heterocycles. The standard InChI is InChI=1S/C24H30N4O5S/c1-4-10-28-20(11-16-8-6-5-7-9-16)26-27-24(28)34-15-21(29)25-19-13-17(22(30)32-2)12-18(14-19)23(31)33-3/h4,12-14,16H,1,5-11,15H2,2-3H3,(H,25,29). The van der Waals surface area contributed by atoms with Gasteiger partial charge in [-0.05, 0) is 24.1 Å². The number of allylic oxidation sites excluding steroid dienone is 1. The molecule has 9 nitrogen and oxygen atoms in total. The van der Waals surface area contributed by atoms with Gasteiger partial charge in [0.15, 0.2) is 5.16 Å². The Morgan fingerprint density at radius 1 is 1.09 bits per heavy atom. The largest absolute Gasteiger partial charge is 0.465 e. The lowest BCUT2D eigenvalue weighted by atomic mass is 9.87. The van der Waals surface area contributed by atoms with E-state index in [-0.39, 0.29) is 22.8 Å². The van der Waals surface area contributed by atoms with Crippen molar-refractivity contribution in [3.63, 3.8) is 0 Å². The minimum atomic E-state index is -0.626. The van der Waals surface area contributed by atoms with Crippen molar-refractivity contribution in [1.29, 1.82) is 0 Å². The van der Waals surface area contributed by atoms with Gasteiger partial charge in [0.25, 0.3) is 0 Å². The van der Waals surface area contributed by atoms with E-state index in [2.05, 4.69) is 22.1 Å². The topological polar surface area (TPSA) is 112 Å². The van der Waals surface area contributed by atoms with Crippen LogP contribution in [0.2, 0.25) is 0 Å². The minimum Gasteiger partial charge on any atom is -0.465 e. The van der Waals surface area contributed by atoms with Crippen LogP contribution in [-0.2, 0) is 27.2 Å². The number of carbonyl (C=O) groups is 3. The van der Waals surface area contributed by atoms with Gasteiger partial charge in [-0.15, -0.1) is 16.8 Å². The lowest BCUT2D eigenvalue weighted by Crippen LogP contribution is -2.17. The summed E-state index contributed by atoms with van der Waals surface area (Å²) in [5.41, 5.74) is 0.553. The van der Waals surface area contributed by atoms with Gasteiger partial charge in [-0.2, -0.15) is 0 Å². The average Bonchev–Trinajstić information content (AvgIpc) is 3.23. The molecule has 0 radical (unpaired) electrons. The molecule has 1 aromatic heterocycles. The highest BCUT2D eigenvalue weighted by molar-refractivity contribution is 7.99. The SMILES string of the molecule is C=CCn1c(CC2CCCCC2)nnc1SCC(=O)Nc1cc(C(=O)OC)cc(C(=O)OC)c1. The summed E-state index contributed by atoms with van der Waals surface area (Å²) in [6.45, 7) is 4.41. The quantitative estimate of drug-likeness (QED) is 0.306. The van der Waals surface area contributed by atoms with Crippen LogP contribution >= 0.6 is 11.8 Å². The van der Waals surface area contributed by atoms with E-state index in [0.717, 1.165) is 12.2 Å². The van der Waals surface area contributed by atoms with Crippen LogP contribution in [0.15, 0.2) is 36.0 Å². The van der Waals surface area contributed by atoms with E-state index in [4.69, 9.17) is 9.47 Å². The Kier molecular flexibility index (Phi) is 9.26. The third-order valence-corrected chi connectivity index (χ3v) is 6.66. The number of methoxy groups -OCH3 is 2. The van der Waals surface area contributed by atoms with Crippen molar-refractivity contribution in [2.45, 2.75) is 50.2 Å². The zero-order chi connectivity index (χ0) is 24.5. The van der Waals surface area contributed by atoms with Gasteiger partial charge in [-0.3, -0.25) is 4.79 Å². The molecule has 1 N–H and O–H groups in total. The second-order valence-corrected chi connectivity index (χ2v) is 9.07. The van der Waals surface area contributed by atoms with Gasteiger partial charge in [0.2, 0.25) is 5.91 Å². The summed E-state index contributed by atoms with van der Waals surface area (Å²) in [6, 6.07) is 4.25. The zero-order valence-electron chi connectivity index (χ0n) is 19.5. The highest BCUT2D eigenvalue weighted by Crippen LogP contribution is 2.28. The van der Waals surface area contributed by atoms with E-state index in [1.807, 2.05) is 4.57 Å². The summed E-state index contributed by atoms with van der Waals surface area (Å²) in [7, 11) is 2.48. The number of hydrogen-bond donors (Lipinski definition) is 1. The molecule has 1 fully saturated rings. The van der Waals surface area contributed by atoms with E-state index in [9.17, 15) is 14.4 Å². The Morgan fingerprint density at radius 2 is 1.74 bits per heavy atom. The van der Waals surface area contributed by atoms with Crippen LogP contribution in [-0.4, -0.2) is 52.6 Å². The lowest BCUT2D eigenvalue weighted by Gasteiger charge is -2.21. The Bertz CT molecular complexity index is 1010. The van der Waals surface area contributed by atoms with Crippen LogP contribution in [0.5, 0.6) is 0 Å². The van der Waals surface area contributed by atoms with Crippen molar-refractivity contribution >= 4 is 35.3 Å². The molecule has 182 valence electrons. The van der Waals surface area contributed by atoms with Gasteiger partial charge in [-0.1, -0.05) is 49.9 Å². The van der Waals surface area contributed by atoms with Gasteiger partial charge >= 0.3 is 11.9 Å². The Balaban J connectivity index is 1.68. The molecule has 0 unspecified atom stereocenters. The fourth-order valence-electron chi connectivity index (χ4n) is 4.04. The number of nitrogens with one attached hydrogen (secondary N) is 1. The van der Waals surface area contributed by atoms with Gasteiger partial charge in [0, 0.05) is 18.7 Å². The summed E-state index contributed by atoms with van der Waals surface area (Å²) in [6.07, 6.45) is 8.92. The van der Waals surface area contributed by atoms with Crippen molar-refractivity contribution in [1.82, 2.24) is 14.8 Å². The molecule has 0 spiro atoms. The van der Waals surface area contributed by atoms with Gasteiger partial charge in [0.05, 0.1) is 31.1 Å². The van der Waals surface area contributed by atoms with E-state index in [1.165, 1.54) is 76.3 Å². The molecule has 3 rings (SSSR count). The van der Waals surface area contributed by atoms with Crippen LogP contribution in [0.25, 0.3) is 0 Å². The summed E-state index contributed by atoms with van der Waals surface area (Å²) < 4.78 is 11.5. The molecule has 1 aliphatic rings. The number of anilines is 1. The average molecular weight is 487 g/mol. The molecule has 10 heteroatoms. The maximum Gasteiger partial charge on any atom is 0.337 e. The predicted octanol–water partition coefficient (Wildman–Crippen LogP) is 3.89. The van der Waals surface area contributed by atoms with Crippen LogP contribution in [0.3, 0.4) is 0 Å². The van der Waals surface area contributed by atoms with Crippen molar-refractivity contribution in [2.75, 3.05) is 25.3 Å². The smallest absolute Gasteiger partial charge is 0.337 e. The first-order chi connectivity index (χ1) is 16.4. The fraction of sp³-hybridized carbons (Fsp3) is 0.458. The van der Waals surface area contributed by atoms with Crippen LogP contribution in [0.4, 0.5) is 5.69 Å². The first-order valence-electron chi connectivity index (χ1n) is 11.2. The second kappa shape index (κ2) is 12.4. The van der Waals surface area contributed by atoms with E-state index < -0.39 is 11.9 Å². The number of aromatic nitrogens is 3. The molecule has 0 bridgehead atoms. The lowest BCUT2D eigenvalue weighted by molar-refractivity contribution is -0.113. The number of amides is 1. The highest BCUT2D eigenvalue weighted by Gasteiger charge is 2.20. The minimum absolute atomic E-state index is 0.0781. The summed E-state index contributed by atoms with van der Waals surface area (Å²) in [5, 5.41) is 12.1. The highest BCUT2D eigenvalue weighted by atomic mass is 32.2. The Hall–Kier alpha value is -3.14. The van der Waals surface area contributed by atoms with Crippen LogP contribution in [0, 0.1) is 5.92 Å². The molecule has 1 amide bonds. The normalized spacial score (nSPS) is 13.8. The van der Waals surface area contributed by atoms with Crippen LogP contribution in [0.1, 0.15) is 58.6 Å². The van der Waals surface area contributed by atoms with Gasteiger partial charge in [0.1, 0.15) is 5.82 Å². The van der Waals surface area contributed by atoms with Crippen molar-refractivity contribution < 1.29 is 23.9 Å². The number of carbonyl (C=O) groups excluding carboxylic acids is 3. The first kappa shape index (κ1) is 25.5. The maximum absolute atomic E-state index is 12.6. The van der Waals surface area contributed by atoms with E-state index in [0.29, 0.717) is 23.3 Å². The molecule has 0 aliphatic heterocycles. The number of hydrogen-bond acceptors (Lipinski definition) is 8. The second-order valence-electron chi connectivity index (χ2n) is 8.13. The first-order valence-corrected chi connectivity index (χ1v) is 12.2. The number of thioether (sulfide) groups is 1. The molecule has 1 aliphatic carbocycles. The molecular weight excluding hydrogens is 456 g/mol. The van der Waals surface area contributed by atoms with Crippen molar-refractivity contribution in [3.8, 4) is 0 Å². The number of benzene rings is 1. The van der Waals surface area contributed by atoms with Crippen LogP contribution < -0.4 is 5.32 Å². The maximum atomic E-state index is 12.6. The third-order valence-electron chi connectivity index (χ3n) is 5.69. The van der Waals surface area contributed by atoms with Crippen molar-refractivity contribution in [3.05, 3.63) is 47.8 Å². The van der Waals surface area contributed by atoms with Gasteiger partial charge in [-0.25, -0.2) is 9.59 Å². The molecule has 1 saturated carbocycles. The summed E-state index contributed by atoms with van der Waals surface area (Å²) in [4.78, 5) is 36.5. The number of ether oxygens (including phenoxy) is 2. The monoisotopic (exact) mass is 486 g/mol. The van der Waals surface area contributed by atoms with Gasteiger partial charge < -0.3 is 19.4 Å². The Morgan fingerprint density at radius 3 is 2.32 bits per heavy atom. The molecule has 0 atom stereocenters. The molecule has 1 aromatic carbocycles. The molecule has 2 aromatic rings. The zero-order valence-corrected chi connectivity index (χ0v) is 20.4. The van der Waals surface area contributed by atoms with E-state index in [1.54, 1.807) is 6.08 Å². The third kappa shape index (κ3) is 6.69. The molecular formula is C24H30N4O5S. The number of nitrogens with zero attached hydrogens (tertiary/aromatic N) is 3. The molecule has 0 saturated heterocycles. The fourth-order valence-corrected chi connectivity index (χ4v) is 4.80. The number of esters is 2. The predicted molar refractivity (Wildman–Crippen MR) is 129 cm³/mol. The number of rotatable bonds is 10. The molecule has 34 heavy (non-hydrogen) atoms. The Labute approximate surface area is 203 Å². The van der Waals surface area contributed by atoms with Crippen molar-refractivity contribution in [2.24, 2.45) is 5.92 Å². The summed E-state index contributed by atoms with van der Waals surface area (Å²) in [5.74, 6) is 0.0495. The summed E-state index contributed by atoms with van der Waals surface area (Å²) >= 11 is 1.27. The van der Waals surface area contributed by atoms with E-state index >= 15 is 0 Å².